The lowest BCUT2D eigenvalue weighted by molar-refractivity contribution is 0.0743. The zero-order chi connectivity index (χ0) is 50.7. The first-order valence-electron chi connectivity index (χ1n) is 22.5. The number of rotatable bonds is 9. The molecule has 10 rings (SSSR count). The van der Waals surface area contributed by atoms with Crippen LogP contribution in [0.3, 0.4) is 0 Å². The number of sulfone groups is 1. The number of halogens is 6. The third kappa shape index (κ3) is 11.7. The minimum atomic E-state index is -3.59. The Kier molecular flexibility index (Phi) is 15.5. The first-order valence-corrected chi connectivity index (χ1v) is 27.3. The number of amides is 2. The van der Waals surface area contributed by atoms with Crippen molar-refractivity contribution in [2.75, 3.05) is 24.6 Å². The highest BCUT2D eigenvalue weighted by molar-refractivity contribution is 7.91. The van der Waals surface area contributed by atoms with E-state index in [0.717, 1.165) is 24.8 Å². The van der Waals surface area contributed by atoms with Crippen LogP contribution in [0.2, 0.25) is 20.1 Å². The molecule has 0 radical (unpaired) electrons. The lowest BCUT2D eigenvalue weighted by Crippen LogP contribution is -2.45. The number of carbonyl (C=O) groups excluding carboxylic acids is 2. The molecule has 13 nitrogen and oxygen atoms in total. The fraction of sp³-hybridized carbons (Fsp3) is 0.196. The predicted octanol–water partition coefficient (Wildman–Crippen LogP) is 10.4. The van der Waals surface area contributed by atoms with E-state index < -0.39 is 38.3 Å². The van der Waals surface area contributed by atoms with Gasteiger partial charge in [0.25, 0.3) is 11.8 Å². The Hall–Kier alpha value is -6.05. The lowest BCUT2D eigenvalue weighted by atomic mass is 10.0. The Labute approximate surface area is 435 Å². The van der Waals surface area contributed by atoms with Crippen molar-refractivity contribution in [1.82, 2.24) is 40.3 Å². The molecular formula is C51H42Cl4F2N8O5S2. The van der Waals surface area contributed by atoms with Gasteiger partial charge < -0.3 is 5.32 Å². The first kappa shape index (κ1) is 50.9. The van der Waals surface area contributed by atoms with Crippen LogP contribution in [0.5, 0.6) is 0 Å². The Morgan fingerprint density at radius 1 is 0.667 bits per heavy atom. The summed E-state index contributed by atoms with van der Waals surface area (Å²) in [6.07, 6.45) is 8.17. The summed E-state index contributed by atoms with van der Waals surface area (Å²) in [5.41, 5.74) is 9.17. The SMILES string of the molecule is O=C(NCc1ccccn1)c1nn(-c2ccc(Cl)cc2Cl)c2c1CS(=O)C/C2=C\c1ccc(F)cc1.O=C(NN1CCCCC1)c1nn(-c2ccc(Cl)cc2Cl)c2c1CS(=O)(=O)C/C2=C\c1ccc(F)cc1. The molecule has 72 heavy (non-hydrogen) atoms. The second-order valence-electron chi connectivity index (χ2n) is 17.1. The molecule has 2 amide bonds. The average Bonchev–Trinajstić information content (AvgIpc) is 3.92. The number of aromatic nitrogens is 5. The lowest BCUT2D eigenvalue weighted by Gasteiger charge is -2.26. The number of nitrogens with one attached hydrogen (secondary N) is 2. The van der Waals surface area contributed by atoms with Crippen molar-refractivity contribution < 1.29 is 31.0 Å². The summed E-state index contributed by atoms with van der Waals surface area (Å²) < 4.78 is 68.8. The number of pyridine rings is 1. The maximum Gasteiger partial charge on any atom is 0.286 e. The van der Waals surface area contributed by atoms with E-state index in [0.29, 0.717) is 89.5 Å². The molecule has 1 atom stereocenters. The van der Waals surface area contributed by atoms with Gasteiger partial charge in [-0.15, -0.1) is 0 Å². The largest absolute Gasteiger partial charge is 0.345 e. The van der Waals surface area contributed by atoms with E-state index in [4.69, 9.17) is 46.4 Å². The zero-order valence-electron chi connectivity index (χ0n) is 37.9. The van der Waals surface area contributed by atoms with Crippen LogP contribution in [-0.2, 0) is 38.7 Å². The maximum absolute atomic E-state index is 13.5. The second kappa shape index (κ2) is 22.0. The monoisotopic (exact) mass is 1090 g/mol. The van der Waals surface area contributed by atoms with Gasteiger partial charge in [-0.1, -0.05) is 83.2 Å². The third-order valence-electron chi connectivity index (χ3n) is 11.8. The fourth-order valence-electron chi connectivity index (χ4n) is 8.58. The van der Waals surface area contributed by atoms with Gasteiger partial charge in [-0.2, -0.15) is 10.2 Å². The standard InChI is InChI=1S/C26H19Cl2FN4O2S.C25H23Cl2FN4O3S/c27-18-6-9-23(22(28)12-18)33-25-17(11-16-4-7-19(29)8-5-16)14-36(35)15-21(25)24(32-33)26(34)31-13-20-3-1-2-10-30-20;26-18-6-9-22(21(27)13-18)32-24-17(12-16-4-7-19(28)8-5-16)14-36(34,35)15-20(24)23(29-32)25(33)30-31-10-2-1-3-11-31/h1-12H,13-15H2,(H,31,34);4-9,12-13H,1-3,10-11,14-15H2,(H,30,33)/b17-11+;17-12+. The molecule has 1 unspecified atom stereocenters. The summed E-state index contributed by atoms with van der Waals surface area (Å²) in [6, 6.07) is 27.0. The van der Waals surface area contributed by atoms with Crippen LogP contribution in [0.25, 0.3) is 34.7 Å². The molecule has 4 aromatic carbocycles. The van der Waals surface area contributed by atoms with E-state index in [9.17, 15) is 31.0 Å². The quantitative estimate of drug-likeness (QED) is 0.143. The number of hydrazine groups is 1. The number of piperidine rings is 1. The van der Waals surface area contributed by atoms with Gasteiger partial charge in [-0.05, 0) is 120 Å². The van der Waals surface area contributed by atoms with E-state index in [1.807, 2.05) is 17.2 Å². The summed E-state index contributed by atoms with van der Waals surface area (Å²) >= 11 is 25.2. The van der Waals surface area contributed by atoms with Gasteiger partial charge in [0.1, 0.15) is 11.6 Å². The van der Waals surface area contributed by atoms with Gasteiger partial charge in [-0.25, -0.2) is 31.6 Å². The molecule has 370 valence electrons. The van der Waals surface area contributed by atoms with Crippen LogP contribution in [0.1, 0.15) is 79.6 Å². The summed E-state index contributed by atoms with van der Waals surface area (Å²) in [7, 11) is -4.86. The average molecular weight is 1090 g/mol. The molecule has 21 heteroatoms. The molecular weight excluding hydrogens is 1050 g/mol. The van der Waals surface area contributed by atoms with Crippen LogP contribution in [0, 0.1) is 11.6 Å². The molecule has 3 aliphatic heterocycles. The molecule has 1 fully saturated rings. The summed E-state index contributed by atoms with van der Waals surface area (Å²) in [5, 5.41) is 15.4. The van der Waals surface area contributed by atoms with Gasteiger partial charge in [0, 0.05) is 51.3 Å². The van der Waals surface area contributed by atoms with E-state index >= 15 is 0 Å². The summed E-state index contributed by atoms with van der Waals surface area (Å²) in [6.45, 7) is 1.64. The van der Waals surface area contributed by atoms with Gasteiger partial charge in [0.2, 0.25) is 0 Å². The highest BCUT2D eigenvalue weighted by Gasteiger charge is 2.36. The van der Waals surface area contributed by atoms with Crippen molar-refractivity contribution in [2.45, 2.75) is 37.3 Å². The molecule has 7 aromatic rings. The highest BCUT2D eigenvalue weighted by atomic mass is 35.5. The fourth-order valence-corrected chi connectivity index (χ4v) is 12.3. The van der Waals surface area contributed by atoms with Crippen LogP contribution >= 0.6 is 46.4 Å². The van der Waals surface area contributed by atoms with E-state index in [1.165, 1.54) is 28.9 Å². The Morgan fingerprint density at radius 3 is 1.78 bits per heavy atom. The highest BCUT2D eigenvalue weighted by Crippen LogP contribution is 2.38. The molecule has 0 spiro atoms. The Morgan fingerprint density at radius 2 is 1.22 bits per heavy atom. The maximum atomic E-state index is 13.5. The number of fused-ring (bicyclic) bond motifs is 2. The molecule has 0 bridgehead atoms. The molecule has 0 saturated carbocycles. The third-order valence-corrected chi connectivity index (χ3v) is 15.6. The molecule has 0 aliphatic carbocycles. The molecule has 6 heterocycles. The van der Waals surface area contributed by atoms with E-state index in [1.54, 1.807) is 89.8 Å². The second-order valence-corrected chi connectivity index (χ2v) is 22.3. The minimum absolute atomic E-state index is 0.0230. The Bertz CT molecular complexity index is 3420. The first-order chi connectivity index (χ1) is 34.6. The summed E-state index contributed by atoms with van der Waals surface area (Å²) in [4.78, 5) is 30.8. The number of carbonyl (C=O) groups is 2. The zero-order valence-corrected chi connectivity index (χ0v) is 42.6. The van der Waals surface area contributed by atoms with Crippen LogP contribution in [0.15, 0.2) is 109 Å². The Balaban J connectivity index is 0.000000178. The smallest absolute Gasteiger partial charge is 0.286 e. The van der Waals surface area contributed by atoms with Crippen molar-refractivity contribution in [3.05, 3.63) is 192 Å². The molecule has 2 N–H and O–H groups in total. The van der Waals surface area contributed by atoms with Crippen molar-refractivity contribution >= 4 is 102 Å². The van der Waals surface area contributed by atoms with Gasteiger partial charge in [-0.3, -0.25) is 24.2 Å². The van der Waals surface area contributed by atoms with E-state index in [-0.39, 0.29) is 46.8 Å². The van der Waals surface area contributed by atoms with Crippen molar-refractivity contribution in [1.29, 1.82) is 0 Å². The predicted molar refractivity (Wildman–Crippen MR) is 278 cm³/mol. The number of hydrogen-bond acceptors (Lipinski definition) is 9. The minimum Gasteiger partial charge on any atom is -0.345 e. The summed E-state index contributed by atoms with van der Waals surface area (Å²) in [5.74, 6) is -1.84. The van der Waals surface area contributed by atoms with Crippen molar-refractivity contribution in [3.8, 4) is 11.4 Å². The molecule has 1 saturated heterocycles. The number of hydrogen-bond donors (Lipinski definition) is 2. The number of benzene rings is 4. The molecule has 3 aliphatic rings. The van der Waals surface area contributed by atoms with Crippen molar-refractivity contribution in [2.24, 2.45) is 0 Å². The number of nitrogens with zero attached hydrogens (tertiary/aromatic N) is 6. The van der Waals surface area contributed by atoms with Gasteiger partial charge in [0.05, 0.1) is 68.1 Å². The van der Waals surface area contributed by atoms with Gasteiger partial charge >= 0.3 is 0 Å². The van der Waals surface area contributed by atoms with Crippen LogP contribution in [0.4, 0.5) is 8.78 Å². The van der Waals surface area contributed by atoms with Crippen LogP contribution < -0.4 is 10.7 Å². The van der Waals surface area contributed by atoms with E-state index in [2.05, 4.69) is 25.9 Å². The molecule has 3 aromatic heterocycles. The topological polar surface area (TPSA) is 161 Å². The normalized spacial score (nSPS) is 17.4. The van der Waals surface area contributed by atoms with Crippen LogP contribution in [-0.4, -0.2) is 78.6 Å². The van der Waals surface area contributed by atoms with Crippen molar-refractivity contribution in [3.63, 3.8) is 0 Å². The van der Waals surface area contributed by atoms with Gasteiger partial charge in [0.15, 0.2) is 21.2 Å².